The van der Waals surface area contributed by atoms with Crippen LogP contribution in [0.1, 0.15) is 39.7 Å². The normalized spacial score (nSPS) is 30.7. The Balaban J connectivity index is 2.14. The molecule has 0 unspecified atom stereocenters. The Bertz CT molecular complexity index is 1080. The van der Waals surface area contributed by atoms with E-state index in [0.717, 1.165) is 10.6 Å². The van der Waals surface area contributed by atoms with E-state index in [1.807, 2.05) is 83.8 Å². The molecule has 6 atom stereocenters. The maximum Gasteiger partial charge on any atom is 0.508 e. The monoisotopic (exact) mass is 613 g/mol. The molecule has 1 aliphatic heterocycles. The fourth-order valence-corrected chi connectivity index (χ4v) is 7.39. The third-order valence-electron chi connectivity index (χ3n) is 8.22. The van der Waals surface area contributed by atoms with Gasteiger partial charge in [0.2, 0.25) is 5.91 Å². The quantitative estimate of drug-likeness (QED) is 0.204. The number of hydroxylamine groups is 2. The van der Waals surface area contributed by atoms with Crippen LogP contribution in [0.5, 0.6) is 0 Å². The van der Waals surface area contributed by atoms with Crippen molar-refractivity contribution in [2.24, 2.45) is 0 Å². The molecule has 1 heterocycles. The molecule has 3 rings (SSSR count). The number of carbonyl (C=O) groups excluding carboxylic acids is 2. The number of hydrogen-bond donors (Lipinski definition) is 3. The Morgan fingerprint density at radius 1 is 1.00 bits per heavy atom. The number of aliphatic hydroxyl groups is 3. The van der Waals surface area contributed by atoms with Crippen molar-refractivity contribution in [3.8, 4) is 0 Å². The molecule has 232 valence electrons. The van der Waals surface area contributed by atoms with Gasteiger partial charge >= 0.3 is 6.16 Å². The predicted molar refractivity (Wildman–Crippen MR) is 156 cm³/mol. The Hall–Kier alpha value is -1.85. The summed E-state index contributed by atoms with van der Waals surface area (Å²) >= 11 is 0. The molecule has 1 aromatic rings. The first-order valence-corrected chi connectivity index (χ1v) is 20.4. The molecule has 2 aliphatic rings. The topological polar surface area (TPSA) is 144 Å². The molecule has 3 N–H and O–H groups in total. The van der Waals surface area contributed by atoms with E-state index in [0.29, 0.717) is 0 Å². The standard InChI is InChI=1S/C28H47NO10Si2/c1-10-35-25(33)36-18-28(34)22(32)21(31)27(16-20(30)29(27)37-17-19-14-12-11-13-15-19)23(38-40(5,6)7)24(28)39-41(8,9)26(2,3)4/h11-15,21-24,31-32,34H,10,16-18H2,1-9H3/t21-,22+,23+,24-,27+,28-/m0/s1. The lowest BCUT2D eigenvalue weighted by Crippen LogP contribution is -2.87. The van der Waals surface area contributed by atoms with Crippen molar-refractivity contribution in [2.75, 3.05) is 13.2 Å². The lowest BCUT2D eigenvalue weighted by molar-refractivity contribution is -0.353. The van der Waals surface area contributed by atoms with Crippen molar-refractivity contribution in [1.29, 1.82) is 0 Å². The number of carbonyl (C=O) groups is 2. The minimum Gasteiger partial charge on any atom is -0.435 e. The smallest absolute Gasteiger partial charge is 0.435 e. The van der Waals surface area contributed by atoms with Crippen molar-refractivity contribution in [3.05, 3.63) is 35.9 Å². The maximum absolute atomic E-state index is 13.1. The van der Waals surface area contributed by atoms with Crippen LogP contribution in [0.25, 0.3) is 0 Å². The summed E-state index contributed by atoms with van der Waals surface area (Å²) < 4.78 is 23.6. The van der Waals surface area contributed by atoms with E-state index >= 15 is 0 Å². The summed E-state index contributed by atoms with van der Waals surface area (Å²) in [7, 11) is -5.20. The Morgan fingerprint density at radius 2 is 1.61 bits per heavy atom. The van der Waals surface area contributed by atoms with E-state index in [1.54, 1.807) is 6.92 Å². The average Bonchev–Trinajstić information content (AvgIpc) is 2.85. The molecule has 1 aliphatic carbocycles. The van der Waals surface area contributed by atoms with Crippen LogP contribution in [0.15, 0.2) is 30.3 Å². The van der Waals surface area contributed by atoms with Crippen LogP contribution in [0.3, 0.4) is 0 Å². The van der Waals surface area contributed by atoms with Gasteiger partial charge in [0.15, 0.2) is 22.2 Å². The zero-order valence-corrected chi connectivity index (χ0v) is 27.7. The lowest BCUT2D eigenvalue weighted by Gasteiger charge is -2.65. The molecule has 13 heteroatoms. The molecule has 0 aromatic heterocycles. The van der Waals surface area contributed by atoms with Gasteiger partial charge in [-0.05, 0) is 50.3 Å². The number of amides is 1. The van der Waals surface area contributed by atoms with Gasteiger partial charge in [0.05, 0.1) is 13.0 Å². The van der Waals surface area contributed by atoms with Crippen molar-refractivity contribution in [3.63, 3.8) is 0 Å². The summed E-state index contributed by atoms with van der Waals surface area (Å²) in [5.41, 5.74) is -3.08. The number of hydrogen-bond acceptors (Lipinski definition) is 10. The molecule has 1 saturated carbocycles. The van der Waals surface area contributed by atoms with Crippen LogP contribution in [0.2, 0.25) is 37.8 Å². The van der Waals surface area contributed by atoms with Crippen molar-refractivity contribution < 1.29 is 48.1 Å². The highest BCUT2D eigenvalue weighted by Crippen LogP contribution is 2.52. The summed E-state index contributed by atoms with van der Waals surface area (Å²) in [6.07, 6.45) is -7.31. The first-order chi connectivity index (χ1) is 18.8. The van der Waals surface area contributed by atoms with Gasteiger partial charge in [-0.2, -0.15) is 0 Å². The highest BCUT2D eigenvalue weighted by atomic mass is 28.4. The highest BCUT2D eigenvalue weighted by molar-refractivity contribution is 6.74. The minimum absolute atomic E-state index is 0.0286. The molecular formula is C28H47NO10Si2. The van der Waals surface area contributed by atoms with Gasteiger partial charge in [-0.3, -0.25) is 9.63 Å². The van der Waals surface area contributed by atoms with Crippen LogP contribution in [-0.2, 0) is 34.6 Å². The summed E-state index contributed by atoms with van der Waals surface area (Å²) in [5.74, 6) is -0.407. The van der Waals surface area contributed by atoms with Crippen LogP contribution in [0, 0.1) is 0 Å². The number of nitrogens with zero attached hydrogens (tertiary/aromatic N) is 1. The predicted octanol–water partition coefficient (Wildman–Crippen LogP) is 3.34. The van der Waals surface area contributed by atoms with E-state index in [9.17, 15) is 24.9 Å². The first kappa shape index (κ1) is 33.7. The lowest BCUT2D eigenvalue weighted by atomic mass is 9.62. The Morgan fingerprint density at radius 3 is 2.12 bits per heavy atom. The molecule has 1 spiro atoms. The van der Waals surface area contributed by atoms with Gasteiger partial charge < -0.3 is 33.6 Å². The molecular weight excluding hydrogens is 566 g/mol. The van der Waals surface area contributed by atoms with E-state index < -0.39 is 70.9 Å². The van der Waals surface area contributed by atoms with Gasteiger partial charge in [-0.1, -0.05) is 51.1 Å². The first-order valence-electron chi connectivity index (χ1n) is 14.0. The van der Waals surface area contributed by atoms with Gasteiger partial charge in [0, 0.05) is 0 Å². The van der Waals surface area contributed by atoms with E-state index in [-0.39, 0.29) is 24.7 Å². The molecule has 41 heavy (non-hydrogen) atoms. The molecule has 0 bridgehead atoms. The number of rotatable bonds is 10. The Kier molecular flexibility index (Phi) is 9.88. The minimum atomic E-state index is -2.72. The van der Waals surface area contributed by atoms with E-state index in [1.165, 1.54) is 0 Å². The fraction of sp³-hybridized carbons (Fsp3) is 0.714. The average molecular weight is 614 g/mol. The summed E-state index contributed by atoms with van der Waals surface area (Å²) in [6.45, 7) is 16.8. The van der Waals surface area contributed by atoms with E-state index in [2.05, 4.69) is 0 Å². The third kappa shape index (κ3) is 6.72. The number of benzene rings is 1. The van der Waals surface area contributed by atoms with Gasteiger partial charge in [0.1, 0.15) is 43.2 Å². The third-order valence-corrected chi connectivity index (χ3v) is 13.6. The molecule has 1 saturated heterocycles. The van der Waals surface area contributed by atoms with Crippen molar-refractivity contribution in [2.45, 2.75) is 114 Å². The second-order valence-corrected chi connectivity index (χ2v) is 22.6. The van der Waals surface area contributed by atoms with Crippen LogP contribution < -0.4 is 0 Å². The molecule has 2 fully saturated rings. The number of β-lactam (4-membered cyclic amide) rings is 1. The van der Waals surface area contributed by atoms with Gasteiger partial charge in [0.25, 0.3) is 0 Å². The van der Waals surface area contributed by atoms with Gasteiger partial charge in [-0.15, -0.1) is 0 Å². The van der Waals surface area contributed by atoms with Crippen molar-refractivity contribution in [1.82, 2.24) is 5.06 Å². The van der Waals surface area contributed by atoms with Crippen molar-refractivity contribution >= 4 is 28.7 Å². The second-order valence-electron chi connectivity index (χ2n) is 13.4. The summed E-state index contributed by atoms with van der Waals surface area (Å²) in [6, 6.07) is 9.23. The SMILES string of the molecule is CCOC(=O)OC[C@]1(O)[C@H](O)[C@H](O)[C@]2(CC(=O)N2OCc2ccccc2)[C@H](O[Si](C)(C)C)[C@@H]1O[Si](C)(C)C(C)(C)C. The molecule has 1 amide bonds. The van der Waals surface area contributed by atoms with Crippen LogP contribution in [-0.4, -0.2) is 97.8 Å². The summed E-state index contributed by atoms with van der Waals surface area (Å²) in [5, 5.41) is 36.2. The van der Waals surface area contributed by atoms with Crippen LogP contribution >= 0.6 is 0 Å². The number of ether oxygens (including phenoxy) is 2. The maximum atomic E-state index is 13.1. The van der Waals surface area contributed by atoms with E-state index in [4.69, 9.17) is 23.2 Å². The molecule has 11 nitrogen and oxygen atoms in total. The zero-order valence-electron chi connectivity index (χ0n) is 25.7. The molecule has 1 aromatic carbocycles. The summed E-state index contributed by atoms with van der Waals surface area (Å²) in [4.78, 5) is 31.2. The fourth-order valence-electron chi connectivity index (χ4n) is 4.99. The highest BCUT2D eigenvalue weighted by Gasteiger charge is 2.75. The number of aliphatic hydroxyl groups excluding tert-OH is 2. The largest absolute Gasteiger partial charge is 0.508 e. The zero-order chi connectivity index (χ0) is 31.0. The second kappa shape index (κ2) is 12.0. The van der Waals surface area contributed by atoms with Crippen LogP contribution in [0.4, 0.5) is 4.79 Å². The Labute approximate surface area is 244 Å². The van der Waals surface area contributed by atoms with Gasteiger partial charge in [-0.25, -0.2) is 9.86 Å². The molecule has 0 radical (unpaired) electrons.